The standard InChI is InChI=1S/C12H18ClNO3S/c1-9(2)18(15,16)7-6-14-10-4-5-12(17-3)11(13)8-10/h4-5,8-9,14H,6-7H2,1-3H3. The summed E-state index contributed by atoms with van der Waals surface area (Å²) in [5.41, 5.74) is 0.778. The summed E-state index contributed by atoms with van der Waals surface area (Å²) in [4.78, 5) is 0. The molecule has 0 atom stereocenters. The van der Waals surface area contributed by atoms with Gasteiger partial charge in [-0.3, -0.25) is 0 Å². The zero-order valence-corrected chi connectivity index (χ0v) is 12.3. The Morgan fingerprint density at radius 1 is 1.39 bits per heavy atom. The molecule has 0 saturated carbocycles. The Kier molecular flexibility index (Phi) is 5.28. The van der Waals surface area contributed by atoms with E-state index in [0.717, 1.165) is 5.69 Å². The van der Waals surface area contributed by atoms with E-state index >= 15 is 0 Å². The van der Waals surface area contributed by atoms with Crippen molar-refractivity contribution in [3.63, 3.8) is 0 Å². The summed E-state index contributed by atoms with van der Waals surface area (Å²) in [6.07, 6.45) is 0. The summed E-state index contributed by atoms with van der Waals surface area (Å²) in [6, 6.07) is 5.25. The van der Waals surface area contributed by atoms with Crippen molar-refractivity contribution in [2.24, 2.45) is 0 Å². The normalized spacial score (nSPS) is 11.6. The van der Waals surface area contributed by atoms with Crippen molar-refractivity contribution >= 4 is 27.1 Å². The van der Waals surface area contributed by atoms with Gasteiger partial charge in [-0.2, -0.15) is 0 Å². The molecule has 1 aromatic rings. The monoisotopic (exact) mass is 291 g/mol. The Balaban J connectivity index is 2.57. The van der Waals surface area contributed by atoms with Gasteiger partial charge in [0.1, 0.15) is 5.75 Å². The zero-order chi connectivity index (χ0) is 13.8. The molecule has 0 unspecified atom stereocenters. The van der Waals surface area contributed by atoms with Gasteiger partial charge in [-0.1, -0.05) is 11.6 Å². The fourth-order valence-electron chi connectivity index (χ4n) is 1.35. The third kappa shape index (κ3) is 4.07. The molecule has 0 radical (unpaired) electrons. The predicted molar refractivity (Wildman–Crippen MR) is 75.4 cm³/mol. The van der Waals surface area contributed by atoms with Crippen LogP contribution in [0.5, 0.6) is 5.75 Å². The van der Waals surface area contributed by atoms with E-state index in [-0.39, 0.29) is 11.0 Å². The fraction of sp³-hybridized carbons (Fsp3) is 0.500. The van der Waals surface area contributed by atoms with Crippen molar-refractivity contribution in [2.45, 2.75) is 19.1 Å². The second-order valence-electron chi connectivity index (χ2n) is 4.19. The number of sulfone groups is 1. The molecule has 0 heterocycles. The van der Waals surface area contributed by atoms with Gasteiger partial charge in [0, 0.05) is 12.2 Å². The molecule has 1 aromatic carbocycles. The lowest BCUT2D eigenvalue weighted by Crippen LogP contribution is -2.22. The summed E-state index contributed by atoms with van der Waals surface area (Å²) >= 11 is 5.97. The van der Waals surface area contributed by atoms with Gasteiger partial charge in [-0.25, -0.2) is 8.42 Å². The lowest BCUT2D eigenvalue weighted by atomic mass is 10.3. The van der Waals surface area contributed by atoms with Crippen molar-refractivity contribution in [3.05, 3.63) is 23.2 Å². The molecule has 0 fully saturated rings. The van der Waals surface area contributed by atoms with Crippen LogP contribution in [0.4, 0.5) is 5.69 Å². The molecule has 6 heteroatoms. The van der Waals surface area contributed by atoms with Crippen LogP contribution in [-0.4, -0.2) is 33.1 Å². The van der Waals surface area contributed by atoms with Crippen LogP contribution in [0.2, 0.25) is 5.02 Å². The molecule has 1 rings (SSSR count). The quantitative estimate of drug-likeness (QED) is 0.875. The predicted octanol–water partition coefficient (Wildman–Crippen LogP) is 2.58. The van der Waals surface area contributed by atoms with Gasteiger partial charge >= 0.3 is 0 Å². The molecule has 1 N–H and O–H groups in total. The molecule has 0 aliphatic rings. The van der Waals surface area contributed by atoms with Gasteiger partial charge in [0.25, 0.3) is 0 Å². The second kappa shape index (κ2) is 6.29. The van der Waals surface area contributed by atoms with E-state index in [2.05, 4.69) is 5.32 Å². The molecular weight excluding hydrogens is 274 g/mol. The summed E-state index contributed by atoms with van der Waals surface area (Å²) < 4.78 is 28.2. The Morgan fingerprint density at radius 3 is 2.56 bits per heavy atom. The van der Waals surface area contributed by atoms with Crippen molar-refractivity contribution in [1.82, 2.24) is 0 Å². The molecule has 0 aliphatic carbocycles. The number of hydrogen-bond donors (Lipinski definition) is 1. The summed E-state index contributed by atoms with van der Waals surface area (Å²) in [5, 5.41) is 3.17. The third-order valence-electron chi connectivity index (χ3n) is 2.59. The molecule has 4 nitrogen and oxygen atoms in total. The van der Waals surface area contributed by atoms with Crippen molar-refractivity contribution in [2.75, 3.05) is 24.7 Å². The molecule has 0 aliphatic heterocycles. The molecule has 102 valence electrons. The first-order valence-corrected chi connectivity index (χ1v) is 7.75. The van der Waals surface area contributed by atoms with E-state index in [0.29, 0.717) is 17.3 Å². The van der Waals surface area contributed by atoms with Gasteiger partial charge in [0.15, 0.2) is 9.84 Å². The Hall–Kier alpha value is -0.940. The number of rotatable bonds is 6. The maximum absolute atomic E-state index is 11.6. The Labute approximate surface area is 113 Å². The first-order chi connectivity index (χ1) is 8.36. The number of nitrogens with one attached hydrogen (secondary N) is 1. The highest BCUT2D eigenvalue weighted by atomic mass is 35.5. The van der Waals surface area contributed by atoms with E-state index in [1.807, 2.05) is 0 Å². The van der Waals surface area contributed by atoms with Gasteiger partial charge in [0.05, 0.1) is 23.1 Å². The van der Waals surface area contributed by atoms with Crippen molar-refractivity contribution < 1.29 is 13.2 Å². The van der Waals surface area contributed by atoms with E-state index in [4.69, 9.17) is 16.3 Å². The molecule has 0 bridgehead atoms. The lowest BCUT2D eigenvalue weighted by Gasteiger charge is -2.10. The smallest absolute Gasteiger partial charge is 0.154 e. The summed E-state index contributed by atoms with van der Waals surface area (Å²) in [7, 11) is -1.47. The van der Waals surface area contributed by atoms with Crippen LogP contribution in [0.3, 0.4) is 0 Å². The maximum atomic E-state index is 11.6. The molecule has 0 aromatic heterocycles. The molecule has 0 amide bonds. The minimum Gasteiger partial charge on any atom is -0.495 e. The Bertz CT molecular complexity index is 500. The summed E-state index contributed by atoms with van der Waals surface area (Å²) in [5.74, 6) is 0.700. The van der Waals surface area contributed by atoms with Gasteiger partial charge in [0.2, 0.25) is 0 Å². The van der Waals surface area contributed by atoms with Crippen LogP contribution >= 0.6 is 11.6 Å². The number of anilines is 1. The summed E-state index contributed by atoms with van der Waals surface area (Å²) in [6.45, 7) is 3.72. The number of benzene rings is 1. The lowest BCUT2D eigenvalue weighted by molar-refractivity contribution is 0.415. The largest absolute Gasteiger partial charge is 0.495 e. The fourth-order valence-corrected chi connectivity index (χ4v) is 2.47. The van der Waals surface area contributed by atoms with Crippen LogP contribution in [0, 0.1) is 0 Å². The van der Waals surface area contributed by atoms with Gasteiger partial charge in [-0.15, -0.1) is 0 Å². The molecule has 0 saturated heterocycles. The first kappa shape index (κ1) is 15.1. The zero-order valence-electron chi connectivity index (χ0n) is 10.7. The van der Waals surface area contributed by atoms with E-state index in [9.17, 15) is 8.42 Å². The number of ether oxygens (including phenoxy) is 1. The maximum Gasteiger partial charge on any atom is 0.154 e. The highest BCUT2D eigenvalue weighted by molar-refractivity contribution is 7.92. The van der Waals surface area contributed by atoms with Crippen LogP contribution in [-0.2, 0) is 9.84 Å². The highest BCUT2D eigenvalue weighted by Crippen LogP contribution is 2.27. The minimum atomic E-state index is -3.01. The third-order valence-corrected chi connectivity index (χ3v) is 5.09. The average molecular weight is 292 g/mol. The minimum absolute atomic E-state index is 0.105. The van der Waals surface area contributed by atoms with Crippen LogP contribution < -0.4 is 10.1 Å². The Morgan fingerprint density at radius 2 is 2.06 bits per heavy atom. The van der Waals surface area contributed by atoms with E-state index in [1.165, 1.54) is 0 Å². The van der Waals surface area contributed by atoms with Crippen LogP contribution in [0.15, 0.2) is 18.2 Å². The van der Waals surface area contributed by atoms with Crippen molar-refractivity contribution in [3.8, 4) is 5.75 Å². The van der Waals surface area contributed by atoms with Crippen molar-refractivity contribution in [1.29, 1.82) is 0 Å². The number of halogens is 1. The highest BCUT2D eigenvalue weighted by Gasteiger charge is 2.15. The average Bonchev–Trinajstić information content (AvgIpc) is 2.29. The molecular formula is C12H18ClNO3S. The number of methoxy groups -OCH3 is 1. The number of hydrogen-bond acceptors (Lipinski definition) is 4. The SMILES string of the molecule is COc1ccc(NCCS(=O)(=O)C(C)C)cc1Cl. The topological polar surface area (TPSA) is 55.4 Å². The van der Waals surface area contributed by atoms with Crippen LogP contribution in [0.25, 0.3) is 0 Å². The van der Waals surface area contributed by atoms with E-state index < -0.39 is 9.84 Å². The second-order valence-corrected chi connectivity index (χ2v) is 7.28. The molecule has 0 spiro atoms. The van der Waals surface area contributed by atoms with Gasteiger partial charge in [-0.05, 0) is 32.0 Å². The van der Waals surface area contributed by atoms with Crippen LogP contribution in [0.1, 0.15) is 13.8 Å². The first-order valence-electron chi connectivity index (χ1n) is 5.66. The molecule has 18 heavy (non-hydrogen) atoms. The van der Waals surface area contributed by atoms with Gasteiger partial charge < -0.3 is 10.1 Å². The van der Waals surface area contributed by atoms with E-state index in [1.54, 1.807) is 39.2 Å².